The van der Waals surface area contributed by atoms with Crippen molar-refractivity contribution in [3.8, 4) is 5.69 Å². The summed E-state index contributed by atoms with van der Waals surface area (Å²) in [5, 5.41) is 2.90. The van der Waals surface area contributed by atoms with E-state index in [4.69, 9.17) is 0 Å². The van der Waals surface area contributed by atoms with E-state index in [9.17, 15) is 13.2 Å². The third-order valence-corrected chi connectivity index (χ3v) is 6.21. The number of aryl methyl sites for hydroxylation is 2. The van der Waals surface area contributed by atoms with Crippen LogP contribution in [0.4, 0.5) is 5.69 Å². The monoisotopic (exact) mass is 440 g/mol. The minimum Gasteiger partial charge on any atom is -0.352 e. The molecular weight excluding hydrogens is 412 g/mol. The lowest BCUT2D eigenvalue weighted by atomic mass is 10.1. The van der Waals surface area contributed by atoms with Crippen molar-refractivity contribution in [3.05, 3.63) is 77.9 Å². The van der Waals surface area contributed by atoms with Gasteiger partial charge in [0.05, 0.1) is 18.3 Å². The van der Waals surface area contributed by atoms with E-state index < -0.39 is 10.0 Å². The Hall–Kier alpha value is -3.13. The van der Waals surface area contributed by atoms with Gasteiger partial charge in [-0.25, -0.2) is 13.4 Å². The van der Waals surface area contributed by atoms with Crippen LogP contribution >= 0.6 is 0 Å². The zero-order valence-corrected chi connectivity index (χ0v) is 18.9. The van der Waals surface area contributed by atoms with Crippen LogP contribution in [0.25, 0.3) is 5.69 Å². The second-order valence-electron chi connectivity index (χ2n) is 7.64. The van der Waals surface area contributed by atoms with Crippen LogP contribution in [0.1, 0.15) is 29.5 Å². The second kappa shape index (κ2) is 9.78. The number of carbonyl (C=O) groups excluding carboxylic acids is 1. The topological polar surface area (TPSA) is 84.3 Å². The third kappa shape index (κ3) is 6.18. The number of imidazole rings is 1. The summed E-state index contributed by atoms with van der Waals surface area (Å²) in [4.78, 5) is 16.3. The fraction of sp³-hybridized carbons (Fsp3) is 0.304. The lowest BCUT2D eigenvalue weighted by Crippen LogP contribution is -2.32. The van der Waals surface area contributed by atoms with E-state index in [0.717, 1.165) is 22.4 Å². The van der Waals surface area contributed by atoms with E-state index >= 15 is 0 Å². The molecule has 31 heavy (non-hydrogen) atoms. The predicted molar refractivity (Wildman–Crippen MR) is 123 cm³/mol. The van der Waals surface area contributed by atoms with Crippen molar-refractivity contribution < 1.29 is 13.2 Å². The van der Waals surface area contributed by atoms with Gasteiger partial charge in [-0.1, -0.05) is 24.3 Å². The number of hydrogen-bond acceptors (Lipinski definition) is 4. The number of amides is 1. The van der Waals surface area contributed by atoms with Gasteiger partial charge >= 0.3 is 0 Å². The first kappa shape index (κ1) is 22.6. The quantitative estimate of drug-likeness (QED) is 0.553. The van der Waals surface area contributed by atoms with Crippen LogP contribution in [-0.2, 0) is 21.4 Å². The molecule has 0 saturated heterocycles. The molecule has 8 heteroatoms. The van der Waals surface area contributed by atoms with Crippen molar-refractivity contribution in [3.63, 3.8) is 0 Å². The molecule has 0 aliphatic heterocycles. The largest absolute Gasteiger partial charge is 0.352 e. The van der Waals surface area contributed by atoms with Gasteiger partial charge in [0.1, 0.15) is 0 Å². The fourth-order valence-corrected chi connectivity index (χ4v) is 4.34. The number of sulfonamides is 1. The molecule has 0 fully saturated rings. The molecule has 0 spiro atoms. The van der Waals surface area contributed by atoms with Gasteiger partial charge in [-0.3, -0.25) is 9.10 Å². The Balaban J connectivity index is 1.52. The average Bonchev–Trinajstić information content (AvgIpc) is 3.26. The van der Waals surface area contributed by atoms with Crippen molar-refractivity contribution in [1.29, 1.82) is 0 Å². The Morgan fingerprint density at radius 2 is 1.87 bits per heavy atom. The Morgan fingerprint density at radius 1 is 1.13 bits per heavy atom. The van der Waals surface area contributed by atoms with Gasteiger partial charge in [0.15, 0.2) is 0 Å². The number of carbonyl (C=O) groups is 1. The van der Waals surface area contributed by atoms with Crippen LogP contribution in [0.2, 0.25) is 0 Å². The van der Waals surface area contributed by atoms with Gasteiger partial charge in [-0.05, 0) is 55.2 Å². The lowest BCUT2D eigenvalue weighted by molar-refractivity contribution is -0.121. The normalized spacial score (nSPS) is 11.3. The van der Waals surface area contributed by atoms with Crippen molar-refractivity contribution in [2.75, 3.05) is 17.1 Å². The van der Waals surface area contributed by atoms with Crippen LogP contribution in [-0.4, -0.2) is 36.7 Å². The van der Waals surface area contributed by atoms with Crippen LogP contribution < -0.4 is 9.62 Å². The maximum atomic E-state index is 12.3. The molecule has 0 radical (unpaired) electrons. The molecule has 3 aromatic rings. The molecule has 1 amide bonds. The van der Waals surface area contributed by atoms with Crippen LogP contribution in [0.3, 0.4) is 0 Å². The molecule has 3 rings (SSSR count). The van der Waals surface area contributed by atoms with E-state index in [1.807, 2.05) is 67.1 Å². The van der Waals surface area contributed by atoms with Crippen molar-refractivity contribution in [1.82, 2.24) is 14.9 Å². The van der Waals surface area contributed by atoms with Crippen LogP contribution in [0, 0.1) is 13.8 Å². The molecule has 1 aromatic heterocycles. The summed E-state index contributed by atoms with van der Waals surface area (Å²) in [6.07, 6.45) is 7.21. The number of rotatable bonds is 9. The average molecular weight is 441 g/mol. The molecule has 0 bridgehead atoms. The molecule has 2 aromatic carbocycles. The maximum absolute atomic E-state index is 12.3. The molecular formula is C23H28N4O3S. The van der Waals surface area contributed by atoms with E-state index in [0.29, 0.717) is 18.7 Å². The Bertz CT molecular complexity index is 1120. The zero-order valence-electron chi connectivity index (χ0n) is 18.1. The summed E-state index contributed by atoms with van der Waals surface area (Å²) < 4.78 is 27.9. The SMILES string of the molecule is Cc1ccc(C)c(N(CCCC(=O)NCc2ccc(-n3ccnc3)cc2)S(C)(=O)=O)c1. The predicted octanol–water partition coefficient (Wildman–Crippen LogP) is 3.35. The van der Waals surface area contributed by atoms with Crippen LogP contribution in [0.15, 0.2) is 61.2 Å². The van der Waals surface area contributed by atoms with E-state index in [1.165, 1.54) is 10.6 Å². The highest BCUT2D eigenvalue weighted by molar-refractivity contribution is 7.92. The highest BCUT2D eigenvalue weighted by Crippen LogP contribution is 2.24. The first-order chi connectivity index (χ1) is 14.7. The van der Waals surface area contributed by atoms with Crippen molar-refractivity contribution >= 4 is 21.6 Å². The molecule has 1 heterocycles. The molecule has 7 nitrogen and oxygen atoms in total. The summed E-state index contributed by atoms with van der Waals surface area (Å²) >= 11 is 0. The second-order valence-corrected chi connectivity index (χ2v) is 9.55. The summed E-state index contributed by atoms with van der Waals surface area (Å²) in [5.74, 6) is -0.104. The Kier molecular flexibility index (Phi) is 7.12. The smallest absolute Gasteiger partial charge is 0.232 e. The minimum absolute atomic E-state index is 0.104. The fourth-order valence-electron chi connectivity index (χ4n) is 3.32. The van der Waals surface area contributed by atoms with E-state index in [-0.39, 0.29) is 18.9 Å². The Labute approximate surface area is 183 Å². The molecule has 0 aliphatic rings. The van der Waals surface area contributed by atoms with Gasteiger partial charge in [-0.15, -0.1) is 0 Å². The number of benzene rings is 2. The van der Waals surface area contributed by atoms with E-state index in [2.05, 4.69) is 10.3 Å². The molecule has 0 aliphatic carbocycles. The molecule has 0 saturated carbocycles. The van der Waals surface area contributed by atoms with Crippen molar-refractivity contribution in [2.45, 2.75) is 33.2 Å². The van der Waals surface area contributed by atoms with Gasteiger partial charge in [0.2, 0.25) is 15.9 Å². The van der Waals surface area contributed by atoms with Crippen LogP contribution in [0.5, 0.6) is 0 Å². The number of hydrogen-bond donors (Lipinski definition) is 1. The third-order valence-electron chi connectivity index (χ3n) is 5.03. The number of aromatic nitrogens is 2. The summed E-state index contributed by atoms with van der Waals surface area (Å²) in [6.45, 7) is 4.50. The molecule has 0 atom stereocenters. The molecule has 1 N–H and O–H groups in total. The minimum atomic E-state index is -3.44. The highest BCUT2D eigenvalue weighted by Gasteiger charge is 2.19. The van der Waals surface area contributed by atoms with E-state index in [1.54, 1.807) is 12.5 Å². The number of anilines is 1. The summed E-state index contributed by atoms with van der Waals surface area (Å²) in [7, 11) is -3.44. The lowest BCUT2D eigenvalue weighted by Gasteiger charge is -2.24. The van der Waals surface area contributed by atoms with Gasteiger partial charge < -0.3 is 9.88 Å². The molecule has 164 valence electrons. The number of nitrogens with zero attached hydrogens (tertiary/aromatic N) is 3. The Morgan fingerprint density at radius 3 is 2.52 bits per heavy atom. The van der Waals surface area contributed by atoms with Gasteiger partial charge in [-0.2, -0.15) is 0 Å². The summed E-state index contributed by atoms with van der Waals surface area (Å²) in [6, 6.07) is 13.6. The van der Waals surface area contributed by atoms with Gasteiger partial charge in [0, 0.05) is 37.6 Å². The first-order valence-electron chi connectivity index (χ1n) is 10.1. The van der Waals surface area contributed by atoms with Crippen molar-refractivity contribution in [2.24, 2.45) is 0 Å². The maximum Gasteiger partial charge on any atom is 0.232 e. The standard InChI is InChI=1S/C23H28N4O3S/c1-18-6-7-19(2)22(15-18)27(31(3,29)30)13-4-5-23(28)25-16-20-8-10-21(11-9-20)26-14-12-24-17-26/h6-12,14-15,17H,4-5,13,16H2,1-3H3,(H,25,28). The first-order valence-corrected chi connectivity index (χ1v) is 12.0. The summed E-state index contributed by atoms with van der Waals surface area (Å²) in [5.41, 5.74) is 4.54. The molecule has 0 unspecified atom stereocenters. The number of nitrogens with one attached hydrogen (secondary N) is 1. The van der Waals surface area contributed by atoms with Gasteiger partial charge in [0.25, 0.3) is 0 Å². The zero-order chi connectivity index (χ0) is 22.4. The highest BCUT2D eigenvalue weighted by atomic mass is 32.2.